The highest BCUT2D eigenvalue weighted by Crippen LogP contribution is 2.24. The van der Waals surface area contributed by atoms with Crippen molar-refractivity contribution in [2.24, 2.45) is 0 Å². The lowest BCUT2D eigenvalue weighted by atomic mass is 10.0. The molecule has 0 aromatic heterocycles. The highest BCUT2D eigenvalue weighted by molar-refractivity contribution is 5.39. The number of hydrogen-bond acceptors (Lipinski definition) is 2. The maximum Gasteiger partial charge on any atom is 0.119 e. The Hall–Kier alpha value is -1.18. The predicted octanol–water partition coefficient (Wildman–Crippen LogP) is 4.69. The largest absolute Gasteiger partial charge is 0.508 e. The van der Waals surface area contributed by atoms with Crippen molar-refractivity contribution in [3.63, 3.8) is 0 Å². The van der Waals surface area contributed by atoms with Gasteiger partial charge < -0.3 is 9.84 Å². The topological polar surface area (TPSA) is 29.5 Å². The molecule has 2 heteroatoms. The molecule has 1 aromatic rings. The van der Waals surface area contributed by atoms with Crippen LogP contribution in [-0.4, -0.2) is 12.2 Å². The molecule has 1 N–H and O–H groups in total. The van der Waals surface area contributed by atoms with E-state index in [9.17, 15) is 5.11 Å². The van der Waals surface area contributed by atoms with E-state index in [1.165, 1.54) is 38.5 Å². The van der Waals surface area contributed by atoms with Crippen LogP contribution < -0.4 is 4.74 Å². The second-order valence-electron chi connectivity index (χ2n) is 4.87. The van der Waals surface area contributed by atoms with Gasteiger partial charge in [-0.1, -0.05) is 45.4 Å². The lowest BCUT2D eigenvalue weighted by Gasteiger charge is -2.07. The van der Waals surface area contributed by atoms with Crippen LogP contribution in [0.4, 0.5) is 0 Å². The molecule has 0 amide bonds. The molecule has 0 radical (unpaired) electrons. The van der Waals surface area contributed by atoms with Crippen LogP contribution in [0.25, 0.3) is 0 Å². The van der Waals surface area contributed by atoms with E-state index in [4.69, 9.17) is 4.74 Å². The molecule has 0 aliphatic heterocycles. The summed E-state index contributed by atoms with van der Waals surface area (Å²) < 4.78 is 5.17. The Labute approximate surface area is 111 Å². The minimum absolute atomic E-state index is 0.391. The number of phenols is 1. The van der Waals surface area contributed by atoms with Crippen LogP contribution in [0.2, 0.25) is 0 Å². The minimum Gasteiger partial charge on any atom is -0.508 e. The van der Waals surface area contributed by atoms with Crippen LogP contribution in [0.3, 0.4) is 0 Å². The maximum absolute atomic E-state index is 9.75. The lowest BCUT2D eigenvalue weighted by Crippen LogP contribution is -1.90. The normalized spacial score (nSPS) is 10.6. The fourth-order valence-corrected chi connectivity index (χ4v) is 2.16. The molecule has 0 aliphatic rings. The zero-order valence-corrected chi connectivity index (χ0v) is 11.7. The Kier molecular flexibility index (Phi) is 7.31. The van der Waals surface area contributed by atoms with Gasteiger partial charge in [0.05, 0.1) is 7.11 Å². The van der Waals surface area contributed by atoms with E-state index in [-0.39, 0.29) is 0 Å². The summed E-state index contributed by atoms with van der Waals surface area (Å²) in [5, 5.41) is 9.75. The first kappa shape index (κ1) is 14.9. The van der Waals surface area contributed by atoms with E-state index < -0.39 is 0 Å². The molecule has 0 aliphatic carbocycles. The quantitative estimate of drug-likeness (QED) is 0.644. The number of unbranched alkanes of at least 4 members (excludes halogenated alkanes) is 6. The Balaban J connectivity index is 2.22. The summed E-state index contributed by atoms with van der Waals surface area (Å²) >= 11 is 0. The minimum atomic E-state index is 0.391. The molecule has 0 fully saturated rings. The summed E-state index contributed by atoms with van der Waals surface area (Å²) in [5.41, 5.74) is 1.00. The number of aromatic hydroxyl groups is 1. The van der Waals surface area contributed by atoms with Gasteiger partial charge in [0.25, 0.3) is 0 Å². The first-order valence-corrected chi connectivity index (χ1v) is 7.13. The molecule has 0 unspecified atom stereocenters. The molecular weight excluding hydrogens is 224 g/mol. The summed E-state index contributed by atoms with van der Waals surface area (Å²) in [4.78, 5) is 0. The highest BCUT2D eigenvalue weighted by Gasteiger charge is 2.03. The van der Waals surface area contributed by atoms with E-state index in [2.05, 4.69) is 6.92 Å². The lowest BCUT2D eigenvalue weighted by molar-refractivity contribution is 0.410. The summed E-state index contributed by atoms with van der Waals surface area (Å²) in [6.07, 6.45) is 10.0. The van der Waals surface area contributed by atoms with Crippen molar-refractivity contribution in [1.29, 1.82) is 0 Å². The summed E-state index contributed by atoms with van der Waals surface area (Å²) in [6.45, 7) is 2.24. The van der Waals surface area contributed by atoms with E-state index in [1.807, 2.05) is 6.07 Å². The molecule has 0 bridgehead atoms. The number of phenolic OH excluding ortho intramolecular Hbond substituents is 1. The molecule has 0 saturated carbocycles. The smallest absolute Gasteiger partial charge is 0.119 e. The molecule has 1 rings (SSSR count). The van der Waals surface area contributed by atoms with Gasteiger partial charge in [-0.15, -0.1) is 0 Å². The number of benzene rings is 1. The Morgan fingerprint density at radius 3 is 2.33 bits per heavy atom. The van der Waals surface area contributed by atoms with Gasteiger partial charge in [-0.2, -0.15) is 0 Å². The van der Waals surface area contributed by atoms with E-state index in [1.54, 1.807) is 19.2 Å². The molecule has 1 aromatic carbocycles. The Bertz CT molecular complexity index is 334. The molecule has 18 heavy (non-hydrogen) atoms. The van der Waals surface area contributed by atoms with Crippen molar-refractivity contribution < 1.29 is 9.84 Å². The number of hydrogen-bond donors (Lipinski definition) is 1. The van der Waals surface area contributed by atoms with Crippen LogP contribution in [0.5, 0.6) is 11.5 Å². The monoisotopic (exact) mass is 250 g/mol. The standard InChI is InChI=1S/C16H26O2/c1-3-4-5-6-7-8-9-10-14-13-15(18-2)11-12-16(14)17/h11-13,17H,3-10H2,1-2H3. The average Bonchev–Trinajstić information content (AvgIpc) is 2.39. The number of ether oxygens (including phenoxy) is 1. The summed E-state index contributed by atoms with van der Waals surface area (Å²) in [5.74, 6) is 1.22. The van der Waals surface area contributed by atoms with Crippen molar-refractivity contribution >= 4 is 0 Å². The van der Waals surface area contributed by atoms with Crippen molar-refractivity contribution in [3.8, 4) is 11.5 Å². The number of rotatable bonds is 9. The third-order valence-corrected chi connectivity index (χ3v) is 3.34. The van der Waals surface area contributed by atoms with Gasteiger partial charge in [0.1, 0.15) is 11.5 Å². The van der Waals surface area contributed by atoms with Crippen molar-refractivity contribution in [1.82, 2.24) is 0 Å². The first-order valence-electron chi connectivity index (χ1n) is 7.13. The zero-order valence-electron chi connectivity index (χ0n) is 11.7. The highest BCUT2D eigenvalue weighted by atomic mass is 16.5. The molecule has 0 atom stereocenters. The van der Waals surface area contributed by atoms with Crippen LogP contribution >= 0.6 is 0 Å². The van der Waals surface area contributed by atoms with Crippen LogP contribution in [0.1, 0.15) is 57.4 Å². The maximum atomic E-state index is 9.75. The van der Waals surface area contributed by atoms with Crippen LogP contribution in [0.15, 0.2) is 18.2 Å². The number of aryl methyl sites for hydroxylation is 1. The number of methoxy groups -OCH3 is 1. The second kappa shape index (κ2) is 8.84. The van der Waals surface area contributed by atoms with Gasteiger partial charge in [-0.25, -0.2) is 0 Å². The fraction of sp³-hybridized carbons (Fsp3) is 0.625. The third kappa shape index (κ3) is 5.44. The molecule has 0 saturated heterocycles. The molecule has 0 spiro atoms. The molecule has 2 nitrogen and oxygen atoms in total. The average molecular weight is 250 g/mol. The van der Waals surface area contributed by atoms with Crippen molar-refractivity contribution in [2.75, 3.05) is 7.11 Å². The summed E-state index contributed by atoms with van der Waals surface area (Å²) in [6, 6.07) is 5.45. The fourth-order valence-electron chi connectivity index (χ4n) is 2.16. The Morgan fingerprint density at radius 1 is 1.00 bits per heavy atom. The van der Waals surface area contributed by atoms with Gasteiger partial charge in [-0.05, 0) is 36.6 Å². The SMILES string of the molecule is CCCCCCCCCc1cc(OC)ccc1O. The van der Waals surface area contributed by atoms with Crippen LogP contribution in [0, 0.1) is 0 Å². The van der Waals surface area contributed by atoms with Crippen LogP contribution in [-0.2, 0) is 6.42 Å². The second-order valence-corrected chi connectivity index (χ2v) is 4.87. The molecule has 102 valence electrons. The van der Waals surface area contributed by atoms with Gasteiger partial charge in [-0.3, -0.25) is 0 Å². The van der Waals surface area contributed by atoms with E-state index in [0.717, 1.165) is 24.2 Å². The van der Waals surface area contributed by atoms with E-state index in [0.29, 0.717) is 5.75 Å². The van der Waals surface area contributed by atoms with Crippen molar-refractivity contribution in [2.45, 2.75) is 58.3 Å². The molecular formula is C16H26O2. The van der Waals surface area contributed by atoms with Gasteiger partial charge in [0.15, 0.2) is 0 Å². The van der Waals surface area contributed by atoms with E-state index >= 15 is 0 Å². The third-order valence-electron chi connectivity index (χ3n) is 3.34. The van der Waals surface area contributed by atoms with Crippen molar-refractivity contribution in [3.05, 3.63) is 23.8 Å². The Morgan fingerprint density at radius 2 is 1.67 bits per heavy atom. The molecule has 0 heterocycles. The van der Waals surface area contributed by atoms with Gasteiger partial charge >= 0.3 is 0 Å². The zero-order chi connectivity index (χ0) is 13.2. The van der Waals surface area contributed by atoms with Gasteiger partial charge in [0, 0.05) is 0 Å². The summed E-state index contributed by atoms with van der Waals surface area (Å²) in [7, 11) is 1.66. The first-order chi connectivity index (χ1) is 8.77. The predicted molar refractivity (Wildman–Crippen MR) is 76.4 cm³/mol. The van der Waals surface area contributed by atoms with Gasteiger partial charge in [0.2, 0.25) is 0 Å².